The van der Waals surface area contributed by atoms with Gasteiger partial charge in [-0.05, 0) is 55.1 Å². The second-order valence-electron chi connectivity index (χ2n) is 7.25. The van der Waals surface area contributed by atoms with E-state index in [0.717, 1.165) is 51.1 Å². The summed E-state index contributed by atoms with van der Waals surface area (Å²) in [5.41, 5.74) is 4.03. The fourth-order valence-electron chi connectivity index (χ4n) is 3.95. The molecule has 0 bridgehead atoms. The largest absolute Gasteiger partial charge is 0.488 e. The van der Waals surface area contributed by atoms with Gasteiger partial charge in [-0.2, -0.15) is 5.26 Å². The van der Waals surface area contributed by atoms with Gasteiger partial charge in [-0.15, -0.1) is 0 Å². The first-order valence-corrected chi connectivity index (χ1v) is 9.24. The molecule has 2 aromatic rings. The Labute approximate surface area is 149 Å². The van der Waals surface area contributed by atoms with Gasteiger partial charge in [-0.3, -0.25) is 4.90 Å². The summed E-state index contributed by atoms with van der Waals surface area (Å²) < 4.78 is 6.16. The molecule has 128 valence electrons. The molecular formula is C22H24N2O. The summed E-state index contributed by atoms with van der Waals surface area (Å²) in [6.07, 6.45) is 4.21. The van der Waals surface area contributed by atoms with Crippen molar-refractivity contribution in [3.05, 3.63) is 65.2 Å². The van der Waals surface area contributed by atoms with Crippen LogP contribution in [0.2, 0.25) is 0 Å². The van der Waals surface area contributed by atoms with Crippen molar-refractivity contribution < 1.29 is 4.74 Å². The summed E-state index contributed by atoms with van der Waals surface area (Å²) in [6.45, 7) is 3.02. The number of hydrogen-bond donors (Lipinski definition) is 0. The summed E-state index contributed by atoms with van der Waals surface area (Å²) in [5.74, 6) is 1.30. The fourth-order valence-corrected chi connectivity index (χ4v) is 3.95. The van der Waals surface area contributed by atoms with Crippen LogP contribution >= 0.6 is 0 Å². The number of ether oxygens (including phenoxy) is 1. The zero-order valence-electron chi connectivity index (χ0n) is 14.5. The molecule has 4 rings (SSSR count). The number of rotatable bonds is 4. The first kappa shape index (κ1) is 16.2. The van der Waals surface area contributed by atoms with E-state index >= 15 is 0 Å². The molecule has 1 unspecified atom stereocenters. The summed E-state index contributed by atoms with van der Waals surface area (Å²) in [4.78, 5) is 2.45. The zero-order chi connectivity index (χ0) is 17.1. The van der Waals surface area contributed by atoms with Gasteiger partial charge in [-0.25, -0.2) is 0 Å². The highest BCUT2D eigenvalue weighted by Crippen LogP contribution is 2.31. The lowest BCUT2D eigenvalue weighted by molar-refractivity contribution is 0.125. The number of hydrogen-bond acceptors (Lipinski definition) is 3. The molecular weight excluding hydrogens is 308 g/mol. The summed E-state index contributed by atoms with van der Waals surface area (Å²) in [5, 5.41) is 9.02. The van der Waals surface area contributed by atoms with Crippen molar-refractivity contribution >= 4 is 0 Å². The molecule has 0 radical (unpaired) electrons. The Balaban J connectivity index is 1.35. The Morgan fingerprint density at radius 1 is 1.04 bits per heavy atom. The van der Waals surface area contributed by atoms with Crippen molar-refractivity contribution in [3.63, 3.8) is 0 Å². The summed E-state index contributed by atoms with van der Waals surface area (Å²) in [6, 6.07) is 19.6. The molecule has 1 saturated heterocycles. The first-order valence-electron chi connectivity index (χ1n) is 9.24. The molecule has 0 spiro atoms. The second-order valence-corrected chi connectivity index (χ2v) is 7.25. The van der Waals surface area contributed by atoms with E-state index in [1.165, 1.54) is 16.7 Å². The average Bonchev–Trinajstić information content (AvgIpc) is 3.05. The highest BCUT2D eigenvalue weighted by molar-refractivity contribution is 5.42. The molecule has 0 N–H and O–H groups in total. The Hall–Kier alpha value is -2.31. The number of nitriles is 1. The number of likely N-dealkylation sites (tertiary alicyclic amines) is 1. The van der Waals surface area contributed by atoms with Crippen molar-refractivity contribution in [2.24, 2.45) is 5.92 Å². The van der Waals surface area contributed by atoms with Crippen LogP contribution in [0.15, 0.2) is 48.5 Å². The van der Waals surface area contributed by atoms with Crippen molar-refractivity contribution in [2.75, 3.05) is 19.6 Å². The van der Waals surface area contributed by atoms with Gasteiger partial charge in [0.05, 0.1) is 6.07 Å². The minimum Gasteiger partial charge on any atom is -0.488 e. The number of nitrogens with zero attached hydrogens (tertiary/aromatic N) is 2. The van der Waals surface area contributed by atoms with E-state index in [0.29, 0.717) is 0 Å². The number of benzene rings is 2. The van der Waals surface area contributed by atoms with E-state index in [-0.39, 0.29) is 12.0 Å². The van der Waals surface area contributed by atoms with Gasteiger partial charge in [0.15, 0.2) is 0 Å². The third kappa shape index (κ3) is 3.86. The van der Waals surface area contributed by atoms with Crippen molar-refractivity contribution in [1.29, 1.82) is 5.26 Å². The molecule has 0 aliphatic carbocycles. The lowest BCUT2D eigenvalue weighted by Crippen LogP contribution is -2.40. The number of piperidine rings is 1. The molecule has 2 aromatic carbocycles. The Morgan fingerprint density at radius 3 is 2.60 bits per heavy atom. The number of fused-ring (bicyclic) bond motifs is 1. The Bertz CT molecular complexity index is 757. The standard InChI is InChI=1S/C22H24N2O/c23-15-18-8-10-24(11-9-18)16-21-14-20-13-19(6-7-22(20)25-21)12-17-4-2-1-3-5-17/h1-7,13,18,21H,8-12,14,16H2. The average molecular weight is 332 g/mol. The van der Waals surface area contributed by atoms with Crippen LogP contribution in [0.4, 0.5) is 0 Å². The van der Waals surface area contributed by atoms with E-state index in [4.69, 9.17) is 10.00 Å². The highest BCUT2D eigenvalue weighted by atomic mass is 16.5. The lowest BCUT2D eigenvalue weighted by atomic mass is 9.98. The van der Waals surface area contributed by atoms with Crippen LogP contribution in [0, 0.1) is 17.2 Å². The fraction of sp³-hybridized carbons (Fsp3) is 0.409. The minimum atomic E-state index is 0.249. The van der Waals surface area contributed by atoms with Crippen molar-refractivity contribution in [3.8, 4) is 11.8 Å². The zero-order valence-corrected chi connectivity index (χ0v) is 14.5. The molecule has 0 amide bonds. The van der Waals surface area contributed by atoms with E-state index in [2.05, 4.69) is 59.5 Å². The smallest absolute Gasteiger partial charge is 0.123 e. The van der Waals surface area contributed by atoms with E-state index < -0.39 is 0 Å². The van der Waals surface area contributed by atoms with Crippen molar-refractivity contribution in [2.45, 2.75) is 31.8 Å². The van der Waals surface area contributed by atoms with Crippen molar-refractivity contribution in [1.82, 2.24) is 4.90 Å². The highest BCUT2D eigenvalue weighted by Gasteiger charge is 2.27. The van der Waals surface area contributed by atoms with Crippen LogP contribution in [0.5, 0.6) is 5.75 Å². The Kier molecular flexibility index (Phi) is 4.72. The van der Waals surface area contributed by atoms with E-state index in [1.807, 2.05) is 0 Å². The molecule has 2 aliphatic heterocycles. The van der Waals surface area contributed by atoms with Gasteiger partial charge < -0.3 is 4.74 Å². The van der Waals surface area contributed by atoms with Crippen LogP contribution in [0.1, 0.15) is 29.5 Å². The molecule has 1 fully saturated rings. The Morgan fingerprint density at radius 2 is 1.84 bits per heavy atom. The van der Waals surface area contributed by atoms with Gasteiger partial charge in [0.2, 0.25) is 0 Å². The van der Waals surface area contributed by atoms with Crippen LogP contribution in [0.3, 0.4) is 0 Å². The first-order chi connectivity index (χ1) is 12.3. The van der Waals surface area contributed by atoms with Crippen LogP contribution in [-0.4, -0.2) is 30.6 Å². The summed E-state index contributed by atoms with van der Waals surface area (Å²) in [7, 11) is 0. The maximum absolute atomic E-state index is 9.02. The summed E-state index contributed by atoms with van der Waals surface area (Å²) >= 11 is 0. The predicted molar refractivity (Wildman–Crippen MR) is 98.6 cm³/mol. The molecule has 0 aromatic heterocycles. The molecule has 0 saturated carbocycles. The topological polar surface area (TPSA) is 36.3 Å². The van der Waals surface area contributed by atoms with E-state index in [9.17, 15) is 0 Å². The quantitative estimate of drug-likeness (QED) is 0.854. The van der Waals surface area contributed by atoms with Crippen LogP contribution in [0.25, 0.3) is 0 Å². The monoisotopic (exact) mass is 332 g/mol. The second kappa shape index (κ2) is 7.29. The van der Waals surface area contributed by atoms with Gasteiger partial charge in [0.25, 0.3) is 0 Å². The SMILES string of the molecule is N#CC1CCN(CC2Cc3cc(Cc4ccccc4)ccc3O2)CC1. The maximum Gasteiger partial charge on any atom is 0.123 e. The third-order valence-corrected chi connectivity index (χ3v) is 5.35. The molecule has 25 heavy (non-hydrogen) atoms. The van der Waals surface area contributed by atoms with Gasteiger partial charge in [0.1, 0.15) is 11.9 Å². The van der Waals surface area contributed by atoms with Crippen LogP contribution in [-0.2, 0) is 12.8 Å². The third-order valence-electron chi connectivity index (χ3n) is 5.35. The maximum atomic E-state index is 9.02. The van der Waals surface area contributed by atoms with E-state index in [1.54, 1.807) is 0 Å². The normalized spacial score (nSPS) is 20.7. The van der Waals surface area contributed by atoms with Crippen LogP contribution < -0.4 is 4.74 Å². The lowest BCUT2D eigenvalue weighted by Gasteiger charge is -2.30. The molecule has 2 heterocycles. The van der Waals surface area contributed by atoms with Gasteiger partial charge in [0, 0.05) is 18.9 Å². The molecule has 3 heteroatoms. The molecule has 3 nitrogen and oxygen atoms in total. The molecule has 1 atom stereocenters. The minimum absolute atomic E-state index is 0.249. The van der Waals surface area contributed by atoms with Gasteiger partial charge >= 0.3 is 0 Å². The van der Waals surface area contributed by atoms with Gasteiger partial charge in [-0.1, -0.05) is 42.5 Å². The predicted octanol–water partition coefficient (Wildman–Crippen LogP) is 3.82. The molecule has 2 aliphatic rings.